The molecule has 0 bridgehead atoms. The zero-order chi connectivity index (χ0) is 16.6. The highest BCUT2D eigenvalue weighted by molar-refractivity contribution is 7.10. The molecule has 1 saturated heterocycles. The van der Waals surface area contributed by atoms with Crippen molar-refractivity contribution in [2.24, 2.45) is 11.8 Å². The van der Waals surface area contributed by atoms with Crippen molar-refractivity contribution in [1.29, 1.82) is 0 Å². The summed E-state index contributed by atoms with van der Waals surface area (Å²) in [5.74, 6) is 1.02. The lowest BCUT2D eigenvalue weighted by atomic mass is 10.0. The normalized spacial score (nSPS) is 27.5. The lowest BCUT2D eigenvalue weighted by molar-refractivity contribution is 0.138. The van der Waals surface area contributed by atoms with Gasteiger partial charge in [-0.1, -0.05) is 41.9 Å². The van der Waals surface area contributed by atoms with E-state index in [0.29, 0.717) is 23.5 Å². The van der Waals surface area contributed by atoms with E-state index >= 15 is 0 Å². The van der Waals surface area contributed by atoms with E-state index in [1.807, 2.05) is 35.7 Å². The molecule has 5 nitrogen and oxygen atoms in total. The van der Waals surface area contributed by atoms with Crippen molar-refractivity contribution >= 4 is 29.0 Å². The summed E-state index contributed by atoms with van der Waals surface area (Å²) < 4.78 is 5.31. The van der Waals surface area contributed by atoms with E-state index < -0.39 is 0 Å². The van der Waals surface area contributed by atoms with Crippen LogP contribution in [-0.2, 0) is 16.8 Å². The molecule has 3 atom stereocenters. The average Bonchev–Trinajstić information content (AvgIpc) is 2.99. The summed E-state index contributed by atoms with van der Waals surface area (Å²) in [5.41, 5.74) is 0.885. The van der Waals surface area contributed by atoms with Gasteiger partial charge in [0.1, 0.15) is 16.8 Å². The van der Waals surface area contributed by atoms with Crippen LogP contribution in [0.1, 0.15) is 10.6 Å². The molecule has 4 rings (SSSR count). The third-order valence-corrected chi connectivity index (χ3v) is 6.40. The molecule has 0 radical (unpaired) electrons. The van der Waals surface area contributed by atoms with Gasteiger partial charge in [0.15, 0.2) is 0 Å². The molecule has 1 unspecified atom stereocenters. The maximum atomic E-state index is 12.1. The smallest absolute Gasteiger partial charge is 0.407 e. The molecular weight excluding hydrogens is 346 g/mol. The minimum atomic E-state index is -0.390. The molecule has 2 heterocycles. The lowest BCUT2D eigenvalue weighted by Crippen LogP contribution is -2.38. The van der Waals surface area contributed by atoms with Gasteiger partial charge in [0.25, 0.3) is 0 Å². The fraction of sp³-hybridized carbons (Fsp3) is 0.412. The Morgan fingerprint density at radius 3 is 2.79 bits per heavy atom. The van der Waals surface area contributed by atoms with Gasteiger partial charge in [0.2, 0.25) is 0 Å². The molecule has 1 aromatic heterocycles. The van der Waals surface area contributed by atoms with Crippen LogP contribution in [0.5, 0.6) is 0 Å². The number of nitrogens with zero attached hydrogens (tertiary/aromatic N) is 1. The van der Waals surface area contributed by atoms with Gasteiger partial charge in [-0.05, 0) is 30.5 Å². The van der Waals surface area contributed by atoms with Crippen LogP contribution in [0, 0.1) is 11.8 Å². The lowest BCUT2D eigenvalue weighted by Gasteiger charge is -2.19. The van der Waals surface area contributed by atoms with Gasteiger partial charge in [-0.25, -0.2) is 9.78 Å². The Bertz CT molecular complexity index is 726. The van der Waals surface area contributed by atoms with Crippen LogP contribution in [0.25, 0.3) is 0 Å². The number of fused-ring (bicyclic) bond motifs is 1. The number of halogens is 1. The Balaban J connectivity index is 1.37. The number of ether oxygens (including phenoxy) is 1. The highest BCUT2D eigenvalue weighted by Crippen LogP contribution is 2.61. The van der Waals surface area contributed by atoms with E-state index in [2.05, 4.69) is 15.6 Å². The second-order valence-corrected chi connectivity index (χ2v) is 7.55. The topological polar surface area (TPSA) is 63.2 Å². The first-order valence-corrected chi connectivity index (χ1v) is 9.22. The Labute approximate surface area is 149 Å². The predicted molar refractivity (Wildman–Crippen MR) is 93.3 cm³/mol. The highest BCUT2D eigenvalue weighted by Gasteiger charge is 2.68. The molecule has 0 spiro atoms. The Morgan fingerprint density at radius 1 is 1.38 bits per heavy atom. The first-order chi connectivity index (χ1) is 11.7. The SMILES string of the molecule is O=C(NCC1(c2nc(Cl)cs2)[C@@H]2CNC[C@@H]21)OCc1ccccc1. The Morgan fingerprint density at radius 2 is 2.12 bits per heavy atom. The van der Waals surface area contributed by atoms with Gasteiger partial charge in [-0.3, -0.25) is 0 Å². The second-order valence-electron chi connectivity index (χ2n) is 6.30. The number of hydrogen-bond acceptors (Lipinski definition) is 5. The monoisotopic (exact) mass is 363 g/mol. The fourth-order valence-electron chi connectivity index (χ4n) is 3.76. The molecule has 2 N–H and O–H groups in total. The molecule has 2 aliphatic rings. The van der Waals surface area contributed by atoms with Crippen LogP contribution in [0.2, 0.25) is 5.15 Å². The van der Waals surface area contributed by atoms with Crippen molar-refractivity contribution in [3.63, 3.8) is 0 Å². The Hall–Kier alpha value is -1.63. The number of nitrogens with one attached hydrogen (secondary N) is 2. The van der Waals surface area contributed by atoms with Crippen LogP contribution in [0.4, 0.5) is 4.79 Å². The largest absolute Gasteiger partial charge is 0.445 e. The number of benzene rings is 1. The van der Waals surface area contributed by atoms with E-state index in [1.54, 1.807) is 11.3 Å². The maximum absolute atomic E-state index is 12.1. The summed E-state index contributed by atoms with van der Waals surface area (Å²) in [4.78, 5) is 16.5. The predicted octanol–water partition coefficient (Wildman–Crippen LogP) is 2.81. The number of hydrogen-bond donors (Lipinski definition) is 2. The number of thiazole rings is 1. The van der Waals surface area contributed by atoms with Crippen LogP contribution in [0.3, 0.4) is 0 Å². The van der Waals surface area contributed by atoms with E-state index in [-0.39, 0.29) is 18.1 Å². The molecule has 7 heteroatoms. The number of rotatable bonds is 5. The minimum Gasteiger partial charge on any atom is -0.445 e. The number of aromatic nitrogens is 1. The second kappa shape index (κ2) is 6.35. The molecule has 2 fully saturated rings. The number of carbonyl (C=O) groups excluding carboxylic acids is 1. The van der Waals surface area contributed by atoms with Crippen molar-refractivity contribution in [3.05, 3.63) is 51.4 Å². The molecule has 24 heavy (non-hydrogen) atoms. The fourth-order valence-corrected chi connectivity index (χ4v) is 5.04. The van der Waals surface area contributed by atoms with Gasteiger partial charge in [-0.2, -0.15) is 0 Å². The summed E-state index contributed by atoms with van der Waals surface area (Å²) in [7, 11) is 0. The van der Waals surface area contributed by atoms with Gasteiger partial charge < -0.3 is 15.4 Å². The molecule has 126 valence electrons. The third-order valence-electron chi connectivity index (χ3n) is 5.04. The Kier molecular flexibility index (Phi) is 4.20. The van der Waals surface area contributed by atoms with E-state index in [0.717, 1.165) is 23.7 Å². The van der Waals surface area contributed by atoms with Crippen LogP contribution < -0.4 is 10.6 Å². The summed E-state index contributed by atoms with van der Waals surface area (Å²) in [6.45, 7) is 2.74. The number of piperidine rings is 1. The summed E-state index contributed by atoms with van der Waals surface area (Å²) in [5, 5.41) is 9.72. The van der Waals surface area contributed by atoms with E-state index in [9.17, 15) is 4.79 Å². The zero-order valence-electron chi connectivity index (χ0n) is 13.0. The van der Waals surface area contributed by atoms with Gasteiger partial charge in [0.05, 0.1) is 0 Å². The molecule has 1 aliphatic carbocycles. The molecular formula is C17H18ClN3O2S. The minimum absolute atomic E-state index is 0.0885. The summed E-state index contributed by atoms with van der Waals surface area (Å²) in [6.07, 6.45) is -0.390. The first kappa shape index (κ1) is 15.9. The van der Waals surface area contributed by atoms with E-state index in [4.69, 9.17) is 16.3 Å². The first-order valence-electron chi connectivity index (χ1n) is 7.97. The molecule has 1 saturated carbocycles. The van der Waals surface area contributed by atoms with Crippen LogP contribution in [0.15, 0.2) is 35.7 Å². The highest BCUT2D eigenvalue weighted by atomic mass is 35.5. The van der Waals surface area contributed by atoms with Crippen LogP contribution in [-0.4, -0.2) is 30.7 Å². The van der Waals surface area contributed by atoms with Crippen molar-refractivity contribution in [1.82, 2.24) is 15.6 Å². The summed E-state index contributed by atoms with van der Waals surface area (Å²) in [6, 6.07) is 9.66. The molecule has 2 aromatic rings. The average molecular weight is 364 g/mol. The zero-order valence-corrected chi connectivity index (χ0v) is 14.6. The van der Waals surface area contributed by atoms with E-state index in [1.165, 1.54) is 0 Å². The maximum Gasteiger partial charge on any atom is 0.407 e. The third kappa shape index (κ3) is 2.79. The molecule has 1 aromatic carbocycles. The van der Waals surface area contributed by atoms with Gasteiger partial charge in [0, 0.05) is 17.3 Å². The van der Waals surface area contributed by atoms with Crippen molar-refractivity contribution in [2.45, 2.75) is 12.0 Å². The van der Waals surface area contributed by atoms with Gasteiger partial charge >= 0.3 is 6.09 Å². The van der Waals surface area contributed by atoms with Crippen molar-refractivity contribution < 1.29 is 9.53 Å². The van der Waals surface area contributed by atoms with Crippen LogP contribution >= 0.6 is 22.9 Å². The molecule has 1 aliphatic heterocycles. The summed E-state index contributed by atoms with van der Waals surface area (Å²) >= 11 is 7.58. The number of alkyl carbamates (subject to hydrolysis) is 1. The van der Waals surface area contributed by atoms with Crippen molar-refractivity contribution in [2.75, 3.05) is 19.6 Å². The van der Waals surface area contributed by atoms with Gasteiger partial charge in [-0.15, -0.1) is 11.3 Å². The van der Waals surface area contributed by atoms with Crippen molar-refractivity contribution in [3.8, 4) is 0 Å². The number of carbonyl (C=O) groups is 1. The molecule has 1 amide bonds. The quantitative estimate of drug-likeness (QED) is 0.857. The number of amides is 1. The standard InChI is InChI=1S/C17H18ClN3O2S/c18-14-9-24-15(21-14)17(12-6-19-7-13(12)17)10-20-16(22)23-8-11-4-2-1-3-5-11/h1-5,9,12-13,19H,6-8,10H2,(H,20,22)/t12-,13+,17?.